The highest BCUT2D eigenvalue weighted by molar-refractivity contribution is 7.87. The predicted molar refractivity (Wildman–Crippen MR) is 148 cm³/mol. The van der Waals surface area contributed by atoms with Crippen LogP contribution in [0.5, 0.6) is 5.75 Å². The van der Waals surface area contributed by atoms with E-state index in [9.17, 15) is 30.4 Å². The van der Waals surface area contributed by atoms with Crippen LogP contribution >= 0.6 is 0 Å². The molecular weight excluding hydrogens is 613 g/mol. The highest BCUT2D eigenvalue weighted by Crippen LogP contribution is 2.36. The van der Waals surface area contributed by atoms with Crippen molar-refractivity contribution in [1.29, 1.82) is 0 Å². The zero-order valence-electron chi connectivity index (χ0n) is 23.7. The van der Waals surface area contributed by atoms with Gasteiger partial charge in [-0.25, -0.2) is 23.6 Å². The van der Waals surface area contributed by atoms with Gasteiger partial charge < -0.3 is 10.1 Å². The molecule has 0 fully saturated rings. The summed E-state index contributed by atoms with van der Waals surface area (Å²) in [4.78, 5) is 12.4. The lowest BCUT2D eigenvalue weighted by Crippen LogP contribution is -2.28. The fourth-order valence-corrected chi connectivity index (χ4v) is 5.16. The molecule has 0 aliphatic rings. The van der Waals surface area contributed by atoms with E-state index < -0.39 is 40.2 Å². The largest absolute Gasteiger partial charge is 0.497 e. The van der Waals surface area contributed by atoms with Gasteiger partial charge >= 0.3 is 16.4 Å². The number of ether oxygens (including phenoxy) is 1. The van der Waals surface area contributed by atoms with E-state index in [-0.39, 0.29) is 35.1 Å². The smallest absolute Gasteiger partial charge is 0.453 e. The number of rotatable bonds is 10. The van der Waals surface area contributed by atoms with Crippen molar-refractivity contribution in [3.63, 3.8) is 0 Å². The number of nitrogens with one attached hydrogen (secondary N) is 1. The molecule has 4 aromatic heterocycles. The molecule has 0 unspecified atom stereocenters. The van der Waals surface area contributed by atoms with Gasteiger partial charge in [0, 0.05) is 25.9 Å². The minimum Gasteiger partial charge on any atom is -0.497 e. The molecule has 0 amide bonds. The number of imidazole rings is 2. The number of methoxy groups -OCH3 is 1. The molecular formula is C26H26F5N9O3S. The number of halogens is 5. The summed E-state index contributed by atoms with van der Waals surface area (Å²) in [5, 5.41) is 6.11. The minimum atomic E-state index is -4.93. The lowest BCUT2D eigenvalue weighted by molar-refractivity contribution is -0.144. The molecule has 5 rings (SSSR count). The van der Waals surface area contributed by atoms with Crippen LogP contribution < -0.4 is 10.1 Å². The Morgan fingerprint density at radius 3 is 2.32 bits per heavy atom. The highest BCUT2D eigenvalue weighted by atomic mass is 32.2. The Balaban J connectivity index is 1.77. The fourth-order valence-electron chi connectivity index (χ4n) is 4.38. The zero-order valence-corrected chi connectivity index (χ0v) is 24.5. The molecule has 1 aromatic carbocycles. The molecule has 5 aromatic rings. The van der Waals surface area contributed by atoms with Crippen molar-refractivity contribution >= 4 is 15.9 Å². The first-order valence-corrected chi connectivity index (χ1v) is 14.2. The van der Waals surface area contributed by atoms with Crippen molar-refractivity contribution in [3.05, 3.63) is 72.1 Å². The SMILES string of the molecule is CNCC(F)(F)c1ccc2nc(-c3nc(C(F)(F)F)nn3Cc3ccc(OC)cc3)c(-c3cn(S(=O)(=O)N(C)C)cn3)n2c1. The number of benzene rings is 1. The van der Waals surface area contributed by atoms with Crippen LogP contribution in [0.15, 0.2) is 55.1 Å². The number of likely N-dealkylation sites (N-methyl/N-ethyl adjacent to an activating group) is 1. The van der Waals surface area contributed by atoms with Gasteiger partial charge in [-0.05, 0) is 36.9 Å². The molecule has 0 aliphatic carbocycles. The number of fused-ring (bicyclic) bond motifs is 1. The van der Waals surface area contributed by atoms with E-state index in [1.54, 1.807) is 24.3 Å². The van der Waals surface area contributed by atoms with E-state index in [1.165, 1.54) is 38.7 Å². The summed E-state index contributed by atoms with van der Waals surface area (Å²) < 4.78 is 106. The topological polar surface area (TPSA) is 124 Å². The number of nitrogens with zero attached hydrogens (tertiary/aromatic N) is 8. The standard InChI is InChI=1S/C26H26F5N9O3S/c1-32-14-25(27,28)17-7-10-20-34-21(22(39(20)12-17)19-13-38(15-33-19)44(41,42)37(2)3)23-35-24(26(29,30)31)36-40(23)11-16-5-8-18(43-4)9-6-16/h5-10,12-13,15,32H,11,14H2,1-4H3. The molecule has 18 heteroatoms. The van der Waals surface area contributed by atoms with Crippen LogP contribution in [0.1, 0.15) is 17.0 Å². The lowest BCUT2D eigenvalue weighted by Gasteiger charge is -2.16. The average molecular weight is 640 g/mol. The summed E-state index contributed by atoms with van der Waals surface area (Å²) in [5.74, 6) is -4.61. The van der Waals surface area contributed by atoms with Crippen molar-refractivity contribution < 1.29 is 35.1 Å². The van der Waals surface area contributed by atoms with E-state index in [1.807, 2.05) is 0 Å². The molecule has 0 saturated heterocycles. The maximum absolute atomic E-state index is 14.9. The minimum absolute atomic E-state index is 0.0663. The number of aromatic nitrogens is 7. The Kier molecular flexibility index (Phi) is 7.93. The van der Waals surface area contributed by atoms with Crippen LogP contribution in [0.25, 0.3) is 28.6 Å². The van der Waals surface area contributed by atoms with Gasteiger partial charge in [-0.15, -0.1) is 5.10 Å². The predicted octanol–water partition coefficient (Wildman–Crippen LogP) is 3.50. The molecule has 234 valence electrons. The van der Waals surface area contributed by atoms with Crippen molar-refractivity contribution in [1.82, 2.24) is 42.7 Å². The quantitative estimate of drug-likeness (QED) is 0.231. The Morgan fingerprint density at radius 2 is 1.70 bits per heavy atom. The maximum Gasteiger partial charge on any atom is 0.453 e. The number of hydrogen-bond donors (Lipinski definition) is 1. The van der Waals surface area contributed by atoms with E-state index in [4.69, 9.17) is 4.74 Å². The van der Waals surface area contributed by atoms with Crippen LogP contribution in [0.3, 0.4) is 0 Å². The first-order chi connectivity index (χ1) is 20.7. The molecule has 0 radical (unpaired) electrons. The van der Waals surface area contributed by atoms with Gasteiger partial charge in [0.1, 0.15) is 34.8 Å². The summed E-state index contributed by atoms with van der Waals surface area (Å²) in [5.41, 5.74) is -0.168. The molecule has 0 spiro atoms. The van der Waals surface area contributed by atoms with Crippen LogP contribution in [-0.4, -0.2) is 80.6 Å². The van der Waals surface area contributed by atoms with Crippen LogP contribution in [0.2, 0.25) is 0 Å². The average Bonchev–Trinajstić information content (AvgIpc) is 3.69. The summed E-state index contributed by atoms with van der Waals surface area (Å²) in [6, 6.07) is 8.92. The second-order valence-corrected chi connectivity index (χ2v) is 11.9. The Labute approximate surface area is 247 Å². The first-order valence-electron chi connectivity index (χ1n) is 12.8. The Bertz CT molecular complexity index is 1910. The molecule has 4 heterocycles. The van der Waals surface area contributed by atoms with Gasteiger partial charge in [-0.3, -0.25) is 4.40 Å². The van der Waals surface area contributed by atoms with Crippen molar-refractivity contribution in [2.24, 2.45) is 0 Å². The van der Waals surface area contributed by atoms with E-state index in [2.05, 4.69) is 25.4 Å². The third kappa shape index (κ3) is 5.74. The third-order valence-corrected chi connectivity index (χ3v) is 8.25. The Morgan fingerprint density at radius 1 is 1.00 bits per heavy atom. The van der Waals surface area contributed by atoms with Gasteiger partial charge in [0.25, 0.3) is 11.7 Å². The van der Waals surface area contributed by atoms with E-state index in [0.717, 1.165) is 37.7 Å². The molecule has 44 heavy (non-hydrogen) atoms. The van der Waals surface area contributed by atoms with Crippen molar-refractivity contribution in [2.75, 3.05) is 34.8 Å². The monoisotopic (exact) mass is 639 g/mol. The van der Waals surface area contributed by atoms with Gasteiger partial charge in [-0.1, -0.05) is 12.1 Å². The lowest BCUT2D eigenvalue weighted by atomic mass is 10.1. The van der Waals surface area contributed by atoms with Gasteiger partial charge in [0.15, 0.2) is 5.82 Å². The Hall–Kier alpha value is -4.42. The summed E-state index contributed by atoms with van der Waals surface area (Å²) in [7, 11) is 1.37. The zero-order chi connectivity index (χ0) is 32.0. The van der Waals surface area contributed by atoms with Gasteiger partial charge in [-0.2, -0.15) is 34.7 Å². The van der Waals surface area contributed by atoms with Crippen LogP contribution in [-0.2, 0) is 28.9 Å². The fraction of sp³-hybridized carbons (Fsp3) is 0.308. The number of hydrogen-bond acceptors (Lipinski definition) is 8. The van der Waals surface area contributed by atoms with E-state index >= 15 is 0 Å². The van der Waals surface area contributed by atoms with Crippen molar-refractivity contribution in [3.8, 4) is 28.7 Å². The third-order valence-electron chi connectivity index (χ3n) is 6.60. The van der Waals surface area contributed by atoms with Gasteiger partial charge in [0.05, 0.1) is 26.4 Å². The molecule has 1 N–H and O–H groups in total. The second-order valence-electron chi connectivity index (χ2n) is 9.83. The van der Waals surface area contributed by atoms with Crippen LogP contribution in [0.4, 0.5) is 22.0 Å². The molecule has 0 saturated carbocycles. The van der Waals surface area contributed by atoms with E-state index in [0.29, 0.717) is 11.3 Å². The molecule has 0 aliphatic heterocycles. The number of pyridine rings is 1. The summed E-state index contributed by atoms with van der Waals surface area (Å²) >= 11 is 0. The summed E-state index contributed by atoms with van der Waals surface area (Å²) in [6.45, 7) is -0.874. The van der Waals surface area contributed by atoms with Gasteiger partial charge in [0.2, 0.25) is 0 Å². The van der Waals surface area contributed by atoms with Crippen molar-refractivity contribution in [2.45, 2.75) is 18.6 Å². The summed E-state index contributed by atoms with van der Waals surface area (Å²) in [6.07, 6.45) is -1.76. The number of alkyl halides is 5. The second kappa shape index (κ2) is 11.3. The normalized spacial score (nSPS) is 12.9. The molecule has 0 bridgehead atoms. The highest BCUT2D eigenvalue weighted by Gasteiger charge is 2.39. The van der Waals surface area contributed by atoms with Crippen LogP contribution in [0, 0.1) is 0 Å². The maximum atomic E-state index is 14.9. The molecule has 12 nitrogen and oxygen atoms in total. The molecule has 0 atom stereocenters. The first kappa shape index (κ1) is 31.0.